The second kappa shape index (κ2) is 9.65. The summed E-state index contributed by atoms with van der Waals surface area (Å²) in [6.07, 6.45) is 0. The Morgan fingerprint density at radius 3 is 2.42 bits per heavy atom. The van der Waals surface area contributed by atoms with Gasteiger partial charge in [-0.05, 0) is 18.6 Å². The Labute approximate surface area is 200 Å². The van der Waals surface area contributed by atoms with Gasteiger partial charge in [-0.25, -0.2) is 4.98 Å². The number of furan rings is 1. The highest BCUT2D eigenvalue weighted by molar-refractivity contribution is 7.97. The smallest absolute Gasteiger partial charge is 0.293 e. The van der Waals surface area contributed by atoms with E-state index in [9.17, 15) is 4.79 Å². The predicted octanol–water partition coefficient (Wildman–Crippen LogP) is 7.55. The van der Waals surface area contributed by atoms with Gasteiger partial charge in [-0.15, -0.1) is 11.3 Å². The van der Waals surface area contributed by atoms with Crippen molar-refractivity contribution in [3.8, 4) is 11.3 Å². The molecule has 5 aromatic rings. The molecule has 0 aliphatic carbocycles. The highest BCUT2D eigenvalue weighted by Gasteiger charge is 2.22. The number of thiazole rings is 1. The minimum absolute atomic E-state index is 0.269. The van der Waals surface area contributed by atoms with Gasteiger partial charge in [0.2, 0.25) is 0 Å². The standard InChI is InChI=1S/C27H22N2O2S2/c1-18-24(20-12-6-3-7-13-20)28-27(33-18)29-26(30)25-22(21-14-8-9-15-23(21)31-25)17-32-16-19-10-4-2-5-11-19/h2-15H,16-17H2,1H3,(H,28,29,30). The van der Waals surface area contributed by atoms with E-state index < -0.39 is 0 Å². The van der Waals surface area contributed by atoms with E-state index >= 15 is 0 Å². The molecule has 6 heteroatoms. The van der Waals surface area contributed by atoms with E-state index in [-0.39, 0.29) is 5.91 Å². The number of benzene rings is 3. The molecule has 2 heterocycles. The zero-order chi connectivity index (χ0) is 22.6. The molecule has 0 unspecified atom stereocenters. The number of amides is 1. The Kier molecular flexibility index (Phi) is 6.28. The summed E-state index contributed by atoms with van der Waals surface area (Å²) in [4.78, 5) is 19.0. The highest BCUT2D eigenvalue weighted by atomic mass is 32.2. The summed E-state index contributed by atoms with van der Waals surface area (Å²) in [6.45, 7) is 2.02. The fourth-order valence-corrected chi connectivity index (χ4v) is 5.59. The van der Waals surface area contributed by atoms with Crippen LogP contribution in [0.2, 0.25) is 0 Å². The van der Waals surface area contributed by atoms with Crippen LogP contribution in [0.4, 0.5) is 5.13 Å². The summed E-state index contributed by atoms with van der Waals surface area (Å²) in [7, 11) is 0. The molecule has 0 atom stereocenters. The minimum atomic E-state index is -0.269. The molecule has 4 nitrogen and oxygen atoms in total. The largest absolute Gasteiger partial charge is 0.451 e. The molecule has 1 amide bonds. The van der Waals surface area contributed by atoms with E-state index in [4.69, 9.17) is 4.42 Å². The van der Waals surface area contributed by atoms with E-state index in [2.05, 4.69) is 22.4 Å². The first-order valence-electron chi connectivity index (χ1n) is 10.7. The summed E-state index contributed by atoms with van der Waals surface area (Å²) in [5.41, 5.74) is 4.82. The normalized spacial score (nSPS) is 11.1. The van der Waals surface area contributed by atoms with Gasteiger partial charge in [0.1, 0.15) is 5.58 Å². The van der Waals surface area contributed by atoms with Crippen LogP contribution in [-0.2, 0) is 11.5 Å². The first-order valence-corrected chi connectivity index (χ1v) is 12.6. The third-order valence-corrected chi connectivity index (χ3v) is 7.24. The highest BCUT2D eigenvalue weighted by Crippen LogP contribution is 2.33. The molecule has 1 N–H and O–H groups in total. The molecule has 0 fully saturated rings. The Morgan fingerprint density at radius 1 is 0.939 bits per heavy atom. The molecule has 0 bridgehead atoms. The van der Waals surface area contributed by atoms with Crippen molar-refractivity contribution in [2.75, 3.05) is 5.32 Å². The lowest BCUT2D eigenvalue weighted by Crippen LogP contribution is -2.12. The number of aromatic nitrogens is 1. The number of carbonyl (C=O) groups excluding carboxylic acids is 1. The number of thioether (sulfide) groups is 1. The number of hydrogen-bond donors (Lipinski definition) is 1. The number of nitrogens with one attached hydrogen (secondary N) is 1. The summed E-state index contributed by atoms with van der Waals surface area (Å²) >= 11 is 3.24. The quantitative estimate of drug-likeness (QED) is 0.267. The Hall–Kier alpha value is -3.35. The summed E-state index contributed by atoms with van der Waals surface area (Å²) in [5, 5.41) is 4.51. The molecule has 0 aliphatic rings. The molecule has 3 aromatic carbocycles. The number of aryl methyl sites for hydroxylation is 1. The van der Waals surface area contributed by atoms with Crippen LogP contribution >= 0.6 is 23.1 Å². The van der Waals surface area contributed by atoms with E-state index in [1.54, 1.807) is 11.8 Å². The van der Waals surface area contributed by atoms with Gasteiger partial charge < -0.3 is 4.42 Å². The number of hydrogen-bond acceptors (Lipinski definition) is 5. The van der Waals surface area contributed by atoms with E-state index in [1.807, 2.05) is 79.7 Å². The first-order chi connectivity index (χ1) is 16.2. The van der Waals surface area contributed by atoms with Crippen LogP contribution in [0, 0.1) is 6.92 Å². The number of anilines is 1. The van der Waals surface area contributed by atoms with Crippen molar-refractivity contribution in [3.05, 3.63) is 107 Å². The molecule has 0 aliphatic heterocycles. The van der Waals surface area contributed by atoms with Gasteiger partial charge in [-0.2, -0.15) is 11.8 Å². The average Bonchev–Trinajstić information content (AvgIpc) is 3.40. The zero-order valence-electron chi connectivity index (χ0n) is 18.1. The van der Waals surface area contributed by atoms with Crippen LogP contribution < -0.4 is 5.32 Å². The molecular formula is C27H22N2O2S2. The maximum Gasteiger partial charge on any atom is 0.293 e. The van der Waals surface area contributed by atoms with Crippen molar-refractivity contribution < 1.29 is 9.21 Å². The summed E-state index contributed by atoms with van der Waals surface area (Å²) in [6, 6.07) is 28.1. The molecule has 33 heavy (non-hydrogen) atoms. The monoisotopic (exact) mass is 470 g/mol. The number of nitrogens with zero attached hydrogens (tertiary/aromatic N) is 1. The maximum atomic E-state index is 13.2. The molecule has 164 valence electrons. The predicted molar refractivity (Wildman–Crippen MR) is 138 cm³/mol. The molecule has 0 radical (unpaired) electrons. The van der Waals surface area contributed by atoms with Crippen molar-refractivity contribution in [1.29, 1.82) is 0 Å². The fraction of sp³-hybridized carbons (Fsp3) is 0.111. The summed E-state index contributed by atoms with van der Waals surface area (Å²) < 4.78 is 6.01. The van der Waals surface area contributed by atoms with Gasteiger partial charge in [0.15, 0.2) is 10.9 Å². The van der Waals surface area contributed by atoms with Crippen molar-refractivity contribution in [3.63, 3.8) is 0 Å². The topological polar surface area (TPSA) is 55.1 Å². The number of fused-ring (bicyclic) bond motifs is 1. The Balaban J connectivity index is 1.39. The lowest BCUT2D eigenvalue weighted by atomic mass is 10.1. The second-order valence-corrected chi connectivity index (χ2v) is 9.82. The third kappa shape index (κ3) is 4.72. The van der Waals surface area contributed by atoms with Crippen molar-refractivity contribution >= 4 is 45.1 Å². The van der Waals surface area contributed by atoms with Gasteiger partial charge in [-0.3, -0.25) is 10.1 Å². The van der Waals surface area contributed by atoms with Crippen LogP contribution in [0.5, 0.6) is 0 Å². The average molecular weight is 471 g/mol. The molecule has 0 spiro atoms. The fourth-order valence-electron chi connectivity index (χ4n) is 3.74. The lowest BCUT2D eigenvalue weighted by molar-refractivity contribution is 0.0998. The molecule has 5 rings (SSSR count). The minimum Gasteiger partial charge on any atom is -0.451 e. The lowest BCUT2D eigenvalue weighted by Gasteiger charge is -2.04. The SMILES string of the molecule is Cc1sc(NC(=O)c2oc3ccccc3c2CSCc2ccccc2)nc1-c1ccccc1. The molecular weight excluding hydrogens is 448 g/mol. The second-order valence-electron chi connectivity index (χ2n) is 7.63. The van der Waals surface area contributed by atoms with E-state index in [0.717, 1.165) is 38.4 Å². The number of rotatable bonds is 7. The van der Waals surface area contributed by atoms with Crippen LogP contribution in [0.3, 0.4) is 0 Å². The molecule has 0 saturated carbocycles. The Morgan fingerprint density at radius 2 is 1.64 bits per heavy atom. The van der Waals surface area contributed by atoms with Crippen molar-refractivity contribution in [2.45, 2.75) is 18.4 Å². The zero-order valence-corrected chi connectivity index (χ0v) is 19.7. The van der Waals surface area contributed by atoms with Crippen molar-refractivity contribution in [2.24, 2.45) is 0 Å². The van der Waals surface area contributed by atoms with E-state index in [0.29, 0.717) is 16.6 Å². The van der Waals surface area contributed by atoms with Gasteiger partial charge in [-0.1, -0.05) is 78.9 Å². The van der Waals surface area contributed by atoms with Gasteiger partial charge in [0, 0.05) is 32.9 Å². The van der Waals surface area contributed by atoms with Crippen LogP contribution in [0.1, 0.15) is 26.6 Å². The molecule has 2 aromatic heterocycles. The van der Waals surface area contributed by atoms with Crippen LogP contribution in [0.25, 0.3) is 22.2 Å². The van der Waals surface area contributed by atoms with Crippen molar-refractivity contribution in [1.82, 2.24) is 4.98 Å². The van der Waals surface area contributed by atoms with E-state index in [1.165, 1.54) is 16.9 Å². The van der Waals surface area contributed by atoms with Gasteiger partial charge in [0.05, 0.1) is 5.69 Å². The summed E-state index contributed by atoms with van der Waals surface area (Å²) in [5.74, 6) is 1.63. The molecule has 0 saturated heterocycles. The van der Waals surface area contributed by atoms with Crippen LogP contribution in [0.15, 0.2) is 89.3 Å². The van der Waals surface area contributed by atoms with Crippen LogP contribution in [-0.4, -0.2) is 10.9 Å². The number of carbonyl (C=O) groups is 1. The third-order valence-electron chi connectivity index (χ3n) is 5.33. The van der Waals surface area contributed by atoms with Gasteiger partial charge >= 0.3 is 0 Å². The first kappa shape index (κ1) is 21.5. The number of para-hydroxylation sites is 1. The Bertz CT molecular complexity index is 1390. The maximum absolute atomic E-state index is 13.2. The van der Waals surface area contributed by atoms with Gasteiger partial charge in [0.25, 0.3) is 5.91 Å².